The number of hydrogen-bond donors (Lipinski definition) is 0. The number of nitrogens with zero attached hydrogens (tertiary/aromatic N) is 4. The van der Waals surface area contributed by atoms with Gasteiger partial charge in [-0.3, -0.25) is 4.90 Å². The monoisotopic (exact) mass is 396 g/mol. The molecular weight excluding hydrogens is 368 g/mol. The van der Waals surface area contributed by atoms with Crippen LogP contribution in [-0.4, -0.2) is 52.1 Å². The molecule has 2 aromatic heterocycles. The van der Waals surface area contributed by atoms with E-state index >= 15 is 0 Å². The molecule has 0 saturated carbocycles. The Labute approximate surface area is 170 Å². The highest BCUT2D eigenvalue weighted by Gasteiger charge is 2.25. The third kappa shape index (κ3) is 4.02. The molecule has 0 aliphatic carbocycles. The second-order valence-electron chi connectivity index (χ2n) is 8.13. The number of aromatic nitrogens is 3. The minimum absolute atomic E-state index is 0.248. The van der Waals surface area contributed by atoms with E-state index in [9.17, 15) is 0 Å². The predicted molar refractivity (Wildman–Crippen MR) is 109 cm³/mol. The Morgan fingerprint density at radius 1 is 1.07 bits per heavy atom. The van der Waals surface area contributed by atoms with E-state index in [1.807, 2.05) is 0 Å². The molecule has 7 heteroatoms. The van der Waals surface area contributed by atoms with Gasteiger partial charge in [0.15, 0.2) is 0 Å². The molecule has 2 aliphatic heterocycles. The van der Waals surface area contributed by atoms with Crippen molar-refractivity contribution in [3.63, 3.8) is 0 Å². The summed E-state index contributed by atoms with van der Waals surface area (Å²) in [5, 5.41) is 9.74. The summed E-state index contributed by atoms with van der Waals surface area (Å²) in [6.07, 6.45) is 6.28. The summed E-state index contributed by atoms with van der Waals surface area (Å²) in [6, 6.07) is 8.40. The zero-order valence-corrected chi connectivity index (χ0v) is 16.9. The SMILES string of the molecule is Cn1ccc2c(OC3CCN(Cc4nnc(C5CCOCC5)o4)CC3)cccc21. The van der Waals surface area contributed by atoms with Crippen molar-refractivity contribution >= 4 is 10.9 Å². The van der Waals surface area contributed by atoms with Gasteiger partial charge in [0, 0.05) is 50.9 Å². The molecule has 4 heterocycles. The fourth-order valence-corrected chi connectivity index (χ4v) is 4.37. The maximum atomic E-state index is 6.36. The van der Waals surface area contributed by atoms with Crippen LogP contribution in [-0.2, 0) is 18.3 Å². The minimum atomic E-state index is 0.248. The number of aryl methyl sites for hydroxylation is 1. The lowest BCUT2D eigenvalue weighted by atomic mass is 10.0. The van der Waals surface area contributed by atoms with Crippen LogP contribution in [0.1, 0.15) is 43.4 Å². The number of rotatable bonds is 5. The van der Waals surface area contributed by atoms with Gasteiger partial charge in [-0.15, -0.1) is 10.2 Å². The van der Waals surface area contributed by atoms with Gasteiger partial charge in [0.25, 0.3) is 0 Å². The molecule has 0 bridgehead atoms. The quantitative estimate of drug-likeness (QED) is 0.658. The van der Waals surface area contributed by atoms with Crippen LogP contribution in [0.2, 0.25) is 0 Å². The molecule has 2 aliphatic rings. The van der Waals surface area contributed by atoms with E-state index in [0.717, 1.165) is 76.1 Å². The lowest BCUT2D eigenvalue weighted by Crippen LogP contribution is -2.37. The Bertz CT molecular complexity index is 952. The Balaban J connectivity index is 1.15. The molecule has 154 valence electrons. The van der Waals surface area contributed by atoms with Crippen LogP contribution in [0.4, 0.5) is 0 Å². The number of hydrogen-bond acceptors (Lipinski definition) is 6. The van der Waals surface area contributed by atoms with Gasteiger partial charge < -0.3 is 18.5 Å². The summed E-state index contributed by atoms with van der Waals surface area (Å²) in [6.45, 7) is 4.24. The first kappa shape index (κ1) is 18.6. The smallest absolute Gasteiger partial charge is 0.230 e. The van der Waals surface area contributed by atoms with Crippen LogP contribution >= 0.6 is 0 Å². The van der Waals surface area contributed by atoms with Gasteiger partial charge in [-0.2, -0.15) is 0 Å². The maximum Gasteiger partial charge on any atom is 0.230 e. The molecule has 0 N–H and O–H groups in total. The van der Waals surface area contributed by atoms with Crippen LogP contribution in [0.15, 0.2) is 34.9 Å². The number of ether oxygens (including phenoxy) is 2. The van der Waals surface area contributed by atoms with Crippen molar-refractivity contribution in [3.8, 4) is 5.75 Å². The molecule has 2 fully saturated rings. The summed E-state index contributed by atoms with van der Waals surface area (Å²) in [4.78, 5) is 2.38. The molecule has 1 aromatic carbocycles. The average Bonchev–Trinajstić information content (AvgIpc) is 3.38. The number of piperidine rings is 1. The molecule has 2 saturated heterocycles. The summed E-state index contributed by atoms with van der Waals surface area (Å²) in [7, 11) is 2.07. The normalized spacial score (nSPS) is 19.8. The first-order valence-corrected chi connectivity index (χ1v) is 10.6. The third-order valence-electron chi connectivity index (χ3n) is 6.13. The van der Waals surface area contributed by atoms with Gasteiger partial charge >= 0.3 is 0 Å². The van der Waals surface area contributed by atoms with Crippen molar-refractivity contribution < 1.29 is 13.9 Å². The van der Waals surface area contributed by atoms with E-state index in [4.69, 9.17) is 13.9 Å². The number of benzene rings is 1. The second-order valence-corrected chi connectivity index (χ2v) is 8.13. The van der Waals surface area contributed by atoms with Crippen molar-refractivity contribution in [2.75, 3.05) is 26.3 Å². The van der Waals surface area contributed by atoms with Crippen LogP contribution in [0.5, 0.6) is 5.75 Å². The Morgan fingerprint density at radius 2 is 1.90 bits per heavy atom. The van der Waals surface area contributed by atoms with Crippen LogP contribution in [0.3, 0.4) is 0 Å². The Hall–Kier alpha value is -2.38. The topological polar surface area (TPSA) is 65.5 Å². The molecule has 0 radical (unpaired) electrons. The minimum Gasteiger partial charge on any atom is -0.490 e. The molecular formula is C22H28N4O3. The first-order chi connectivity index (χ1) is 14.3. The van der Waals surface area contributed by atoms with Crippen molar-refractivity contribution in [1.82, 2.24) is 19.7 Å². The van der Waals surface area contributed by atoms with Gasteiger partial charge in [0.2, 0.25) is 11.8 Å². The van der Waals surface area contributed by atoms with Gasteiger partial charge in [-0.25, -0.2) is 0 Å². The summed E-state index contributed by atoms with van der Waals surface area (Å²) < 4.78 is 19.9. The third-order valence-corrected chi connectivity index (χ3v) is 6.13. The van der Waals surface area contributed by atoms with Gasteiger partial charge in [0.05, 0.1) is 12.1 Å². The Morgan fingerprint density at radius 3 is 2.72 bits per heavy atom. The molecule has 29 heavy (non-hydrogen) atoms. The van der Waals surface area contributed by atoms with E-state index < -0.39 is 0 Å². The maximum absolute atomic E-state index is 6.36. The molecule has 0 unspecified atom stereocenters. The van der Waals surface area contributed by atoms with Crippen molar-refractivity contribution in [3.05, 3.63) is 42.2 Å². The fourth-order valence-electron chi connectivity index (χ4n) is 4.37. The van der Waals surface area contributed by atoms with Gasteiger partial charge in [-0.1, -0.05) is 6.07 Å². The Kier molecular flexibility index (Phi) is 5.24. The van der Waals surface area contributed by atoms with E-state index in [-0.39, 0.29) is 6.10 Å². The predicted octanol–water partition coefficient (Wildman–Crippen LogP) is 3.50. The summed E-state index contributed by atoms with van der Waals surface area (Å²) in [5.74, 6) is 2.83. The second kappa shape index (κ2) is 8.16. The molecule has 0 amide bonds. The summed E-state index contributed by atoms with van der Waals surface area (Å²) >= 11 is 0. The zero-order valence-electron chi connectivity index (χ0n) is 16.9. The molecule has 7 nitrogen and oxygen atoms in total. The molecule has 0 spiro atoms. The molecule has 0 atom stereocenters. The summed E-state index contributed by atoms with van der Waals surface area (Å²) in [5.41, 5.74) is 1.21. The highest BCUT2D eigenvalue weighted by molar-refractivity contribution is 5.86. The number of fused-ring (bicyclic) bond motifs is 1. The van der Waals surface area contributed by atoms with Crippen molar-refractivity contribution in [1.29, 1.82) is 0 Å². The number of likely N-dealkylation sites (tertiary alicyclic amines) is 1. The van der Waals surface area contributed by atoms with E-state index in [0.29, 0.717) is 5.92 Å². The molecule has 5 rings (SSSR count). The lowest BCUT2D eigenvalue weighted by Gasteiger charge is -2.31. The highest BCUT2D eigenvalue weighted by Crippen LogP contribution is 2.29. The van der Waals surface area contributed by atoms with E-state index in [1.165, 1.54) is 10.9 Å². The lowest BCUT2D eigenvalue weighted by molar-refractivity contribution is 0.0774. The highest BCUT2D eigenvalue weighted by atomic mass is 16.5. The van der Waals surface area contributed by atoms with Crippen LogP contribution < -0.4 is 4.74 Å². The molecule has 3 aromatic rings. The van der Waals surface area contributed by atoms with Crippen LogP contribution in [0, 0.1) is 0 Å². The van der Waals surface area contributed by atoms with Gasteiger partial charge in [-0.05, 0) is 43.9 Å². The fraction of sp³-hybridized carbons (Fsp3) is 0.545. The van der Waals surface area contributed by atoms with E-state index in [1.54, 1.807) is 0 Å². The van der Waals surface area contributed by atoms with Gasteiger partial charge in [0.1, 0.15) is 11.9 Å². The average molecular weight is 396 g/mol. The van der Waals surface area contributed by atoms with Crippen molar-refractivity contribution in [2.24, 2.45) is 7.05 Å². The first-order valence-electron chi connectivity index (χ1n) is 10.6. The van der Waals surface area contributed by atoms with E-state index in [2.05, 4.69) is 57.2 Å². The standard InChI is InChI=1S/C22H28N4O3/c1-25-10-7-18-19(25)3-2-4-20(18)28-17-5-11-26(12-6-17)15-21-23-24-22(29-21)16-8-13-27-14-9-16/h2-4,7,10,16-17H,5-6,8-9,11-15H2,1H3. The zero-order chi connectivity index (χ0) is 19.6. The van der Waals surface area contributed by atoms with Crippen LogP contribution in [0.25, 0.3) is 10.9 Å². The van der Waals surface area contributed by atoms with Crippen molar-refractivity contribution in [2.45, 2.75) is 44.2 Å². The largest absolute Gasteiger partial charge is 0.490 e.